The van der Waals surface area contributed by atoms with Crippen molar-refractivity contribution in [1.29, 1.82) is 0 Å². The van der Waals surface area contributed by atoms with Gasteiger partial charge in [0.05, 0.1) is 11.4 Å². The van der Waals surface area contributed by atoms with Gasteiger partial charge in [-0.3, -0.25) is 4.79 Å². The van der Waals surface area contributed by atoms with Crippen molar-refractivity contribution in [1.82, 2.24) is 0 Å². The van der Waals surface area contributed by atoms with E-state index in [4.69, 9.17) is 0 Å². The Hall–Kier alpha value is -1.81. The molecule has 0 spiro atoms. The molecular weight excluding hydrogens is 388 g/mol. The Bertz CT molecular complexity index is 790. The standard InChI is InChI=1S/C22H27BrN2O/c1-14(24-25-17-10-8-16(23)9-11-17)15-12-18(21(2,3)4)20(26)19(13-15)22(5,6)7/h8-13H,1-7H3. The molecular formula is C22H27BrN2O. The summed E-state index contributed by atoms with van der Waals surface area (Å²) in [7, 11) is 0. The molecule has 0 aliphatic heterocycles. The number of hydrogen-bond donors (Lipinski definition) is 0. The molecule has 0 bridgehead atoms. The topological polar surface area (TPSA) is 41.8 Å². The zero-order valence-corrected chi connectivity index (χ0v) is 18.2. The van der Waals surface area contributed by atoms with Crippen LogP contribution in [0.2, 0.25) is 0 Å². The summed E-state index contributed by atoms with van der Waals surface area (Å²) in [6.07, 6.45) is 3.93. The van der Waals surface area contributed by atoms with Gasteiger partial charge in [-0.1, -0.05) is 57.5 Å². The van der Waals surface area contributed by atoms with E-state index in [0.29, 0.717) is 0 Å². The van der Waals surface area contributed by atoms with Crippen LogP contribution in [0.3, 0.4) is 0 Å². The molecule has 0 fully saturated rings. The first-order chi connectivity index (χ1) is 11.9. The molecule has 0 saturated carbocycles. The van der Waals surface area contributed by atoms with Crippen molar-refractivity contribution in [2.75, 3.05) is 0 Å². The number of rotatable bonds is 2. The Kier molecular flexibility index (Phi) is 5.86. The summed E-state index contributed by atoms with van der Waals surface area (Å²) in [5.41, 5.74) is 3.72. The van der Waals surface area contributed by atoms with Gasteiger partial charge in [-0.15, -0.1) is 0 Å². The summed E-state index contributed by atoms with van der Waals surface area (Å²) in [5.74, 6) is 0.131. The third kappa shape index (κ3) is 4.88. The molecule has 0 unspecified atom stereocenters. The fourth-order valence-corrected chi connectivity index (χ4v) is 2.91. The van der Waals surface area contributed by atoms with Crippen LogP contribution in [0.15, 0.2) is 73.5 Å². The molecule has 0 aromatic heterocycles. The van der Waals surface area contributed by atoms with Gasteiger partial charge < -0.3 is 0 Å². The smallest absolute Gasteiger partial charge is 0.186 e. The highest BCUT2D eigenvalue weighted by atomic mass is 79.9. The second kappa shape index (κ2) is 7.43. The highest BCUT2D eigenvalue weighted by Crippen LogP contribution is 2.39. The van der Waals surface area contributed by atoms with Gasteiger partial charge >= 0.3 is 0 Å². The number of carbonyl (C=O) groups is 1. The highest BCUT2D eigenvalue weighted by molar-refractivity contribution is 9.10. The maximum Gasteiger partial charge on any atom is 0.186 e. The third-order valence-corrected chi connectivity index (χ3v) is 4.79. The molecule has 0 atom stereocenters. The molecule has 1 aliphatic rings. The van der Waals surface area contributed by atoms with Gasteiger partial charge in [0.1, 0.15) is 0 Å². The minimum atomic E-state index is -0.226. The average Bonchev–Trinajstić information content (AvgIpc) is 2.52. The number of allylic oxidation sites excluding steroid dienone is 6. The number of benzene rings is 1. The van der Waals surface area contributed by atoms with Gasteiger partial charge in [0.2, 0.25) is 0 Å². The zero-order valence-electron chi connectivity index (χ0n) is 16.6. The Morgan fingerprint density at radius 3 is 1.77 bits per heavy atom. The van der Waals surface area contributed by atoms with Gasteiger partial charge in [0.25, 0.3) is 0 Å². The van der Waals surface area contributed by atoms with E-state index in [0.717, 1.165) is 32.6 Å². The molecule has 1 aliphatic carbocycles. The van der Waals surface area contributed by atoms with Gasteiger partial charge in [-0.25, -0.2) is 0 Å². The SMILES string of the molecule is CC(N=Nc1ccc(Br)cc1)=C1C=C(C(C)(C)C)C(=O)C(C(C)(C)C)=C1. The Labute approximate surface area is 165 Å². The van der Waals surface area contributed by atoms with Crippen LogP contribution in [0, 0.1) is 10.8 Å². The fourth-order valence-electron chi connectivity index (χ4n) is 2.65. The van der Waals surface area contributed by atoms with Crippen LogP contribution in [-0.4, -0.2) is 5.78 Å². The lowest BCUT2D eigenvalue weighted by Gasteiger charge is -2.31. The molecule has 1 aromatic rings. The second-order valence-electron chi connectivity index (χ2n) is 8.66. The van der Waals surface area contributed by atoms with Crippen molar-refractivity contribution in [2.24, 2.45) is 21.1 Å². The van der Waals surface area contributed by atoms with E-state index in [1.807, 2.05) is 43.3 Å². The van der Waals surface area contributed by atoms with Gasteiger partial charge in [0, 0.05) is 15.6 Å². The maximum absolute atomic E-state index is 13.0. The first-order valence-corrected chi connectivity index (χ1v) is 9.56. The number of Topliss-reactive ketones (excluding diaryl/α,β-unsaturated/α-hetero) is 1. The van der Waals surface area contributed by atoms with Crippen molar-refractivity contribution in [2.45, 2.75) is 48.5 Å². The van der Waals surface area contributed by atoms with E-state index >= 15 is 0 Å². The van der Waals surface area contributed by atoms with E-state index in [1.54, 1.807) is 0 Å². The van der Waals surface area contributed by atoms with Crippen LogP contribution in [0.4, 0.5) is 5.69 Å². The second-order valence-corrected chi connectivity index (χ2v) is 9.58. The van der Waals surface area contributed by atoms with E-state index in [-0.39, 0.29) is 16.6 Å². The minimum absolute atomic E-state index is 0.131. The van der Waals surface area contributed by atoms with Crippen molar-refractivity contribution in [3.63, 3.8) is 0 Å². The Morgan fingerprint density at radius 2 is 1.35 bits per heavy atom. The first-order valence-electron chi connectivity index (χ1n) is 8.77. The molecule has 26 heavy (non-hydrogen) atoms. The molecule has 1 aromatic carbocycles. The van der Waals surface area contributed by atoms with E-state index in [2.05, 4.69) is 67.7 Å². The zero-order chi connectivity index (χ0) is 19.7. The van der Waals surface area contributed by atoms with Crippen LogP contribution < -0.4 is 0 Å². The summed E-state index contributed by atoms with van der Waals surface area (Å²) < 4.78 is 1.01. The average molecular weight is 415 g/mol. The van der Waals surface area contributed by atoms with Crippen LogP contribution >= 0.6 is 15.9 Å². The normalized spacial score (nSPS) is 16.0. The van der Waals surface area contributed by atoms with Crippen molar-refractivity contribution < 1.29 is 4.79 Å². The molecule has 0 N–H and O–H groups in total. The number of carbonyl (C=O) groups excluding carboxylic acids is 1. The lowest BCUT2D eigenvalue weighted by molar-refractivity contribution is -0.114. The predicted octanol–water partition coefficient (Wildman–Crippen LogP) is 7.33. The summed E-state index contributed by atoms with van der Waals surface area (Å²) in [6.45, 7) is 14.3. The minimum Gasteiger partial charge on any atom is -0.289 e. The first kappa shape index (κ1) is 20.5. The number of nitrogens with zero attached hydrogens (tertiary/aromatic N) is 2. The fraction of sp³-hybridized carbons (Fsp3) is 0.409. The molecule has 2 rings (SSSR count). The number of ketones is 1. The molecule has 0 heterocycles. The van der Waals surface area contributed by atoms with Crippen molar-refractivity contribution in [3.8, 4) is 0 Å². The largest absolute Gasteiger partial charge is 0.289 e. The highest BCUT2D eigenvalue weighted by Gasteiger charge is 2.34. The predicted molar refractivity (Wildman–Crippen MR) is 111 cm³/mol. The monoisotopic (exact) mass is 414 g/mol. The van der Waals surface area contributed by atoms with Crippen LogP contribution in [-0.2, 0) is 4.79 Å². The summed E-state index contributed by atoms with van der Waals surface area (Å²) in [4.78, 5) is 13.0. The quantitative estimate of drug-likeness (QED) is 0.466. The van der Waals surface area contributed by atoms with Gasteiger partial charge in [0.15, 0.2) is 5.78 Å². The summed E-state index contributed by atoms with van der Waals surface area (Å²) in [6, 6.07) is 7.68. The summed E-state index contributed by atoms with van der Waals surface area (Å²) in [5, 5.41) is 8.71. The van der Waals surface area contributed by atoms with Crippen molar-refractivity contribution in [3.05, 3.63) is 63.3 Å². The lowest BCUT2D eigenvalue weighted by Crippen LogP contribution is -2.28. The maximum atomic E-state index is 13.0. The number of halogens is 1. The molecule has 138 valence electrons. The van der Waals surface area contributed by atoms with Crippen LogP contribution in [0.1, 0.15) is 48.5 Å². The lowest BCUT2D eigenvalue weighted by atomic mass is 9.72. The van der Waals surface area contributed by atoms with Gasteiger partial charge in [-0.05, 0) is 59.7 Å². The van der Waals surface area contributed by atoms with Crippen molar-refractivity contribution >= 4 is 27.4 Å². The van der Waals surface area contributed by atoms with Gasteiger partial charge in [-0.2, -0.15) is 10.2 Å². The van der Waals surface area contributed by atoms with E-state index in [9.17, 15) is 4.79 Å². The molecule has 0 amide bonds. The number of hydrogen-bond acceptors (Lipinski definition) is 3. The van der Waals surface area contributed by atoms with E-state index < -0.39 is 0 Å². The Balaban J connectivity index is 2.50. The van der Waals surface area contributed by atoms with E-state index in [1.165, 1.54) is 0 Å². The molecule has 0 saturated heterocycles. The molecule has 3 nitrogen and oxygen atoms in total. The third-order valence-electron chi connectivity index (χ3n) is 4.26. The van der Waals surface area contributed by atoms with Crippen LogP contribution in [0.5, 0.6) is 0 Å². The molecule has 0 radical (unpaired) electrons. The Morgan fingerprint density at radius 1 is 0.885 bits per heavy atom. The molecule has 4 heteroatoms. The summed E-state index contributed by atoms with van der Waals surface area (Å²) >= 11 is 3.41. The number of azo groups is 1. The van der Waals surface area contributed by atoms with Crippen LogP contribution in [0.25, 0.3) is 0 Å².